The largest absolute Gasteiger partial charge is 0.353 e. The lowest BCUT2D eigenvalue weighted by Gasteiger charge is -2.26. The van der Waals surface area contributed by atoms with Crippen LogP contribution in [0, 0.1) is 0 Å². The van der Waals surface area contributed by atoms with Crippen LogP contribution >= 0.6 is 11.8 Å². The lowest BCUT2D eigenvalue weighted by atomic mass is 9.92. The van der Waals surface area contributed by atoms with Crippen molar-refractivity contribution in [3.8, 4) is 0 Å². The molecule has 2 atom stereocenters. The van der Waals surface area contributed by atoms with E-state index in [0.717, 1.165) is 57.1 Å². The summed E-state index contributed by atoms with van der Waals surface area (Å²) in [4.78, 5) is 26.5. The Labute approximate surface area is 148 Å². The second-order valence-electron chi connectivity index (χ2n) is 6.92. The van der Waals surface area contributed by atoms with Crippen LogP contribution in [0.2, 0.25) is 0 Å². The first-order valence-corrected chi connectivity index (χ1v) is 10.1. The van der Waals surface area contributed by atoms with E-state index in [1.165, 1.54) is 0 Å². The van der Waals surface area contributed by atoms with Gasteiger partial charge < -0.3 is 16.4 Å². The molecule has 2 fully saturated rings. The summed E-state index contributed by atoms with van der Waals surface area (Å²) in [5.41, 5.74) is 5.88. The minimum absolute atomic E-state index is 0.178. The summed E-state index contributed by atoms with van der Waals surface area (Å²) < 4.78 is 0. The Balaban J connectivity index is 1.51. The fraction of sp³-hybridized carbons (Fsp3) is 0.824. The number of amides is 3. The van der Waals surface area contributed by atoms with Crippen LogP contribution in [0.3, 0.4) is 0 Å². The van der Waals surface area contributed by atoms with E-state index < -0.39 is 0 Å². The summed E-state index contributed by atoms with van der Waals surface area (Å²) in [5.74, 6) is 1.12. The smallest absolute Gasteiger partial charge is 0.340 e. The minimum atomic E-state index is -0.332. The Morgan fingerprint density at radius 1 is 1.12 bits per heavy atom. The molecule has 1 heterocycles. The molecule has 3 amide bonds. The van der Waals surface area contributed by atoms with E-state index in [0.29, 0.717) is 23.8 Å². The molecule has 0 aromatic rings. The van der Waals surface area contributed by atoms with Crippen molar-refractivity contribution in [2.75, 3.05) is 5.75 Å². The van der Waals surface area contributed by atoms with Crippen molar-refractivity contribution in [3.05, 3.63) is 0 Å². The molecule has 7 heteroatoms. The summed E-state index contributed by atoms with van der Waals surface area (Å²) >= 11 is 1.90. The molecule has 1 saturated carbocycles. The lowest BCUT2D eigenvalue weighted by molar-refractivity contribution is -0.122. The molecule has 1 aliphatic carbocycles. The maximum Gasteiger partial charge on any atom is 0.340 e. The van der Waals surface area contributed by atoms with Crippen LogP contribution < -0.4 is 16.4 Å². The highest BCUT2D eigenvalue weighted by molar-refractivity contribution is 8.00. The molecular weight excluding hydrogens is 324 g/mol. The molecule has 0 unspecified atom stereocenters. The third kappa shape index (κ3) is 6.81. The third-order valence-corrected chi connectivity index (χ3v) is 6.36. The van der Waals surface area contributed by atoms with Gasteiger partial charge in [-0.1, -0.05) is 6.42 Å². The highest BCUT2D eigenvalue weighted by Gasteiger charge is 2.26. The van der Waals surface area contributed by atoms with Crippen molar-refractivity contribution in [1.29, 1.82) is 0 Å². The molecular formula is C17H30N4O2S. The Morgan fingerprint density at radius 3 is 2.58 bits per heavy atom. The van der Waals surface area contributed by atoms with Crippen molar-refractivity contribution >= 4 is 30.4 Å². The van der Waals surface area contributed by atoms with Gasteiger partial charge in [-0.15, -0.1) is 0 Å². The van der Waals surface area contributed by atoms with Gasteiger partial charge in [0.15, 0.2) is 0 Å². The van der Waals surface area contributed by atoms with E-state index in [2.05, 4.69) is 22.3 Å². The van der Waals surface area contributed by atoms with Gasteiger partial charge in [-0.25, -0.2) is 9.79 Å². The molecule has 0 aromatic heterocycles. The van der Waals surface area contributed by atoms with Crippen LogP contribution in [0.15, 0.2) is 4.99 Å². The zero-order valence-electron chi connectivity index (χ0n) is 14.3. The van der Waals surface area contributed by atoms with E-state index in [4.69, 9.17) is 5.73 Å². The average Bonchev–Trinajstić information content (AvgIpc) is 3.01. The molecule has 0 spiro atoms. The highest BCUT2D eigenvalue weighted by atomic mass is 32.2. The van der Waals surface area contributed by atoms with Crippen LogP contribution in [0.25, 0.3) is 0 Å². The fourth-order valence-electron chi connectivity index (χ4n) is 3.45. The highest BCUT2D eigenvalue weighted by Crippen LogP contribution is 2.30. The summed E-state index contributed by atoms with van der Waals surface area (Å²) in [7, 11) is 0. The number of unbranched alkanes of at least 4 members (excludes halogenated alkanes) is 1. The standard InChI is InChI=1S/C17H30N4O2S/c1-19-17(23)21-14-10-15(24-11-14)4-2-3-5-16(22)20-13-8-6-12(18)7-9-13/h12-15H,1-11,18H2,(H,20,22)(H,21,23)/t12-,13-,14-,15+/m1/s1. The number of carbonyl (C=O) groups is 2. The second kappa shape index (κ2) is 10.0. The number of urea groups is 1. The predicted octanol–water partition coefficient (Wildman–Crippen LogP) is 2.22. The van der Waals surface area contributed by atoms with E-state index in [-0.39, 0.29) is 18.0 Å². The first kappa shape index (κ1) is 19.2. The Hall–Kier alpha value is -1.08. The normalized spacial score (nSPS) is 29.9. The van der Waals surface area contributed by atoms with Crippen LogP contribution in [-0.2, 0) is 4.79 Å². The number of hydrogen-bond acceptors (Lipinski definition) is 4. The molecule has 6 nitrogen and oxygen atoms in total. The second-order valence-corrected chi connectivity index (χ2v) is 8.25. The Morgan fingerprint density at radius 2 is 1.88 bits per heavy atom. The Bertz CT molecular complexity index is 438. The van der Waals surface area contributed by atoms with Crippen molar-refractivity contribution in [3.63, 3.8) is 0 Å². The number of rotatable bonds is 7. The van der Waals surface area contributed by atoms with Gasteiger partial charge in [0.25, 0.3) is 0 Å². The van der Waals surface area contributed by atoms with Crippen molar-refractivity contribution in [2.45, 2.75) is 81.2 Å². The number of aliphatic imine (C=N–C) groups is 1. The molecule has 0 bridgehead atoms. The number of thioether (sulfide) groups is 1. The van der Waals surface area contributed by atoms with E-state index >= 15 is 0 Å². The van der Waals surface area contributed by atoms with Gasteiger partial charge in [0, 0.05) is 35.5 Å². The van der Waals surface area contributed by atoms with Crippen molar-refractivity contribution in [2.24, 2.45) is 10.7 Å². The summed E-state index contributed by atoms with van der Waals surface area (Å²) in [6, 6.07) is 0.518. The average molecular weight is 355 g/mol. The van der Waals surface area contributed by atoms with Gasteiger partial charge in [0.05, 0.1) is 0 Å². The first-order chi connectivity index (χ1) is 11.6. The minimum Gasteiger partial charge on any atom is -0.353 e. The fourth-order valence-corrected chi connectivity index (χ4v) is 4.87. The zero-order chi connectivity index (χ0) is 17.4. The molecule has 0 aromatic carbocycles. The van der Waals surface area contributed by atoms with Crippen molar-refractivity contribution < 1.29 is 9.59 Å². The molecule has 0 radical (unpaired) electrons. The third-order valence-electron chi connectivity index (χ3n) is 4.87. The molecule has 136 valence electrons. The lowest BCUT2D eigenvalue weighted by Crippen LogP contribution is -2.40. The Kier molecular flexibility index (Phi) is 8.05. The van der Waals surface area contributed by atoms with E-state index in [1.54, 1.807) is 0 Å². The number of nitrogens with one attached hydrogen (secondary N) is 2. The number of carbonyl (C=O) groups excluding carboxylic acids is 2. The van der Waals surface area contributed by atoms with Crippen LogP contribution in [-0.4, -0.2) is 47.8 Å². The van der Waals surface area contributed by atoms with Gasteiger partial charge >= 0.3 is 6.03 Å². The van der Waals surface area contributed by atoms with Crippen LogP contribution in [0.1, 0.15) is 57.8 Å². The number of nitrogens with zero attached hydrogens (tertiary/aromatic N) is 1. The molecule has 1 aliphatic heterocycles. The molecule has 2 aliphatic rings. The topological polar surface area (TPSA) is 96.6 Å². The van der Waals surface area contributed by atoms with Gasteiger partial charge in [0.1, 0.15) is 0 Å². The van der Waals surface area contributed by atoms with Gasteiger partial charge in [-0.05, 0) is 51.7 Å². The SMILES string of the molecule is C=NC(=O)N[C@H]1CS[C@@H](CCCCC(=O)N[C@H]2CC[C@H](N)CC2)C1. The summed E-state index contributed by atoms with van der Waals surface area (Å²) in [6.45, 7) is 3.23. The van der Waals surface area contributed by atoms with Gasteiger partial charge in [-0.3, -0.25) is 4.79 Å². The van der Waals surface area contributed by atoms with Crippen LogP contribution in [0.5, 0.6) is 0 Å². The van der Waals surface area contributed by atoms with E-state index in [1.807, 2.05) is 11.8 Å². The van der Waals surface area contributed by atoms with Gasteiger partial charge in [0.2, 0.25) is 5.91 Å². The quantitative estimate of drug-likeness (QED) is 0.482. The van der Waals surface area contributed by atoms with Crippen molar-refractivity contribution in [1.82, 2.24) is 10.6 Å². The predicted molar refractivity (Wildman–Crippen MR) is 99.6 cm³/mol. The molecule has 2 rings (SSSR count). The summed E-state index contributed by atoms with van der Waals surface area (Å²) in [5, 5.41) is 6.57. The van der Waals surface area contributed by atoms with Crippen LogP contribution in [0.4, 0.5) is 4.79 Å². The number of hydrogen-bond donors (Lipinski definition) is 3. The monoisotopic (exact) mass is 354 g/mol. The van der Waals surface area contributed by atoms with Gasteiger partial charge in [-0.2, -0.15) is 11.8 Å². The molecule has 1 saturated heterocycles. The molecule has 24 heavy (non-hydrogen) atoms. The molecule has 4 N–H and O–H groups in total. The first-order valence-electron chi connectivity index (χ1n) is 9.00. The maximum atomic E-state index is 12.0. The number of nitrogens with two attached hydrogens (primary N) is 1. The summed E-state index contributed by atoms with van der Waals surface area (Å²) in [6.07, 6.45) is 8.74. The zero-order valence-corrected chi connectivity index (χ0v) is 15.2. The van der Waals surface area contributed by atoms with E-state index in [9.17, 15) is 9.59 Å². The maximum absolute atomic E-state index is 12.0.